The van der Waals surface area contributed by atoms with Gasteiger partial charge in [-0.05, 0) is 18.4 Å². The van der Waals surface area contributed by atoms with E-state index in [0.29, 0.717) is 29.1 Å². The van der Waals surface area contributed by atoms with Crippen molar-refractivity contribution in [3.05, 3.63) is 88.5 Å². The van der Waals surface area contributed by atoms with Crippen LogP contribution in [-0.4, -0.2) is 16.1 Å². The predicted octanol–water partition coefficient (Wildman–Crippen LogP) is 4.88. The fourth-order valence-corrected chi connectivity index (χ4v) is 4.43. The molecule has 2 aromatic carbocycles. The second-order valence-corrected chi connectivity index (χ2v) is 8.09. The number of unbranched alkanes of at least 4 members (excludes halogenated alkanes) is 4. The Hall–Kier alpha value is -3.01. The quantitative estimate of drug-likeness (QED) is 0.312. The number of fused-ring (bicyclic) bond motifs is 2. The highest BCUT2D eigenvalue weighted by molar-refractivity contribution is 6.26. The number of hydrogen-bond acceptors (Lipinski definition) is 2. The Kier molecular flexibility index (Phi) is 5.93. The van der Waals surface area contributed by atoms with Gasteiger partial charge in [0.2, 0.25) is 23.0 Å². The maximum Gasteiger partial charge on any atom is 0.254 e. The Morgan fingerprint density at radius 1 is 0.800 bits per heavy atom. The molecule has 30 heavy (non-hydrogen) atoms. The fourth-order valence-electron chi connectivity index (χ4n) is 4.43. The molecule has 0 aliphatic heterocycles. The van der Waals surface area contributed by atoms with Gasteiger partial charge in [0.1, 0.15) is 6.54 Å². The van der Waals surface area contributed by atoms with Gasteiger partial charge in [0.05, 0.1) is 6.54 Å². The van der Waals surface area contributed by atoms with Crippen molar-refractivity contribution >= 4 is 11.6 Å². The van der Waals surface area contributed by atoms with Crippen molar-refractivity contribution in [1.29, 1.82) is 0 Å². The number of benzene rings is 2. The van der Waals surface area contributed by atoms with Gasteiger partial charge in [-0.1, -0.05) is 80.8 Å². The SMILES string of the molecule is CCCCCCCn1c2c([n+](Cc3ccccc3)c1C)C(=O)c1ccccc1C2=O. The zero-order valence-corrected chi connectivity index (χ0v) is 17.9. The van der Waals surface area contributed by atoms with E-state index in [2.05, 4.69) is 23.6 Å². The number of imidazole rings is 1. The third-order valence-electron chi connectivity index (χ3n) is 6.06. The summed E-state index contributed by atoms with van der Waals surface area (Å²) in [7, 11) is 0. The molecular weight excluding hydrogens is 372 g/mol. The van der Waals surface area contributed by atoms with E-state index in [-0.39, 0.29) is 11.6 Å². The van der Waals surface area contributed by atoms with Crippen LogP contribution in [0.15, 0.2) is 54.6 Å². The Morgan fingerprint density at radius 2 is 1.43 bits per heavy atom. The van der Waals surface area contributed by atoms with Crippen molar-refractivity contribution in [3.8, 4) is 0 Å². The van der Waals surface area contributed by atoms with Crippen LogP contribution in [0.3, 0.4) is 0 Å². The third-order valence-corrected chi connectivity index (χ3v) is 6.06. The molecular formula is C26H29N2O2+. The number of ketones is 2. The highest BCUT2D eigenvalue weighted by Gasteiger charge is 2.42. The van der Waals surface area contributed by atoms with Crippen molar-refractivity contribution < 1.29 is 14.2 Å². The highest BCUT2D eigenvalue weighted by Crippen LogP contribution is 2.27. The molecule has 3 aromatic rings. The number of rotatable bonds is 8. The average Bonchev–Trinajstić information content (AvgIpc) is 3.05. The molecule has 0 radical (unpaired) electrons. The van der Waals surface area contributed by atoms with Gasteiger partial charge in [-0.3, -0.25) is 9.59 Å². The number of nitrogens with zero attached hydrogens (tertiary/aromatic N) is 2. The lowest BCUT2D eigenvalue weighted by atomic mass is 9.90. The standard InChI is InChI=1S/C26H29N2O2/c1-3-4-5-6-12-17-27-19(2)28(18-20-13-8-7-9-14-20)24-23(27)25(29)21-15-10-11-16-22(21)26(24)30/h7-11,13-16H,3-6,12,17-18H2,1-2H3/q+1. The van der Waals surface area contributed by atoms with Crippen LogP contribution in [0.4, 0.5) is 0 Å². The minimum Gasteiger partial charge on any atom is -0.284 e. The van der Waals surface area contributed by atoms with Crippen LogP contribution < -0.4 is 4.57 Å². The van der Waals surface area contributed by atoms with Crippen molar-refractivity contribution in [3.63, 3.8) is 0 Å². The average molecular weight is 402 g/mol. The van der Waals surface area contributed by atoms with Crippen molar-refractivity contribution in [2.24, 2.45) is 0 Å². The smallest absolute Gasteiger partial charge is 0.254 e. The third kappa shape index (κ3) is 3.62. The van der Waals surface area contributed by atoms with Crippen LogP contribution in [0.25, 0.3) is 0 Å². The van der Waals surface area contributed by atoms with Gasteiger partial charge in [-0.15, -0.1) is 0 Å². The minimum atomic E-state index is -0.0519. The van der Waals surface area contributed by atoms with E-state index in [1.165, 1.54) is 19.3 Å². The maximum atomic E-state index is 13.5. The van der Waals surface area contributed by atoms with Gasteiger partial charge < -0.3 is 0 Å². The first-order valence-electron chi connectivity index (χ1n) is 11.0. The van der Waals surface area contributed by atoms with E-state index in [4.69, 9.17) is 0 Å². The van der Waals surface area contributed by atoms with Crippen LogP contribution in [0.2, 0.25) is 0 Å². The summed E-state index contributed by atoms with van der Waals surface area (Å²) in [5.74, 6) is 0.876. The molecule has 4 nitrogen and oxygen atoms in total. The molecule has 154 valence electrons. The van der Waals surface area contributed by atoms with Crippen molar-refractivity contribution in [2.75, 3.05) is 0 Å². The molecule has 4 rings (SSSR count). The summed E-state index contributed by atoms with van der Waals surface area (Å²) in [4.78, 5) is 26.9. The van der Waals surface area contributed by atoms with E-state index in [9.17, 15) is 9.59 Å². The molecule has 1 heterocycles. The van der Waals surface area contributed by atoms with Crippen molar-refractivity contribution in [2.45, 2.75) is 59.0 Å². The molecule has 0 bridgehead atoms. The first kappa shape index (κ1) is 20.3. The Labute approximate surface area is 178 Å². The topological polar surface area (TPSA) is 43.0 Å². The Morgan fingerprint density at radius 3 is 2.13 bits per heavy atom. The second kappa shape index (κ2) is 8.78. The van der Waals surface area contributed by atoms with Crippen LogP contribution in [-0.2, 0) is 13.1 Å². The fraction of sp³-hybridized carbons (Fsp3) is 0.346. The lowest BCUT2D eigenvalue weighted by Crippen LogP contribution is -2.43. The zero-order chi connectivity index (χ0) is 21.1. The van der Waals surface area contributed by atoms with E-state index in [1.807, 2.05) is 41.8 Å². The summed E-state index contributed by atoms with van der Waals surface area (Å²) < 4.78 is 4.12. The van der Waals surface area contributed by atoms with Crippen molar-refractivity contribution in [1.82, 2.24) is 4.57 Å². The van der Waals surface area contributed by atoms with Gasteiger partial charge in [-0.2, -0.15) is 0 Å². The summed E-state index contributed by atoms with van der Waals surface area (Å²) in [6, 6.07) is 17.3. The molecule has 0 amide bonds. The lowest BCUT2D eigenvalue weighted by Gasteiger charge is -2.13. The molecule has 1 aliphatic carbocycles. The summed E-state index contributed by atoms with van der Waals surface area (Å²) in [5, 5.41) is 0. The molecule has 0 N–H and O–H groups in total. The molecule has 0 saturated carbocycles. The molecule has 0 fully saturated rings. The van der Waals surface area contributed by atoms with Gasteiger partial charge in [0, 0.05) is 18.1 Å². The summed E-state index contributed by atoms with van der Waals surface area (Å²) in [5.41, 5.74) is 3.24. The Bertz CT molecular complexity index is 1080. The molecule has 4 heteroatoms. The number of hydrogen-bond donors (Lipinski definition) is 0. The molecule has 0 spiro atoms. The van der Waals surface area contributed by atoms with Crippen LogP contribution >= 0.6 is 0 Å². The van der Waals surface area contributed by atoms with Crippen LogP contribution in [0, 0.1) is 6.92 Å². The number of carbonyl (C=O) groups is 2. The second-order valence-electron chi connectivity index (χ2n) is 8.09. The first-order chi connectivity index (χ1) is 14.6. The highest BCUT2D eigenvalue weighted by atomic mass is 16.1. The first-order valence-corrected chi connectivity index (χ1v) is 11.0. The molecule has 0 saturated heterocycles. The molecule has 1 aliphatic rings. The van der Waals surface area contributed by atoms with E-state index >= 15 is 0 Å². The van der Waals surface area contributed by atoms with Gasteiger partial charge >= 0.3 is 0 Å². The van der Waals surface area contributed by atoms with Gasteiger partial charge in [0.25, 0.3) is 5.82 Å². The number of aromatic nitrogens is 2. The monoisotopic (exact) mass is 401 g/mol. The Balaban J connectivity index is 1.77. The van der Waals surface area contributed by atoms with Gasteiger partial charge in [0.15, 0.2) is 0 Å². The largest absolute Gasteiger partial charge is 0.284 e. The van der Waals surface area contributed by atoms with E-state index in [1.54, 1.807) is 12.1 Å². The molecule has 0 unspecified atom stereocenters. The van der Waals surface area contributed by atoms with E-state index < -0.39 is 0 Å². The zero-order valence-electron chi connectivity index (χ0n) is 17.9. The number of carbonyl (C=O) groups excluding carboxylic acids is 2. The molecule has 0 atom stereocenters. The van der Waals surface area contributed by atoms with E-state index in [0.717, 1.165) is 30.8 Å². The lowest BCUT2D eigenvalue weighted by molar-refractivity contribution is -0.695. The minimum absolute atomic E-state index is 0.0383. The normalized spacial score (nSPS) is 12.7. The summed E-state index contributed by atoms with van der Waals surface area (Å²) >= 11 is 0. The predicted molar refractivity (Wildman–Crippen MR) is 117 cm³/mol. The summed E-state index contributed by atoms with van der Waals surface area (Å²) in [6.07, 6.45) is 5.80. The van der Waals surface area contributed by atoms with Crippen LogP contribution in [0.5, 0.6) is 0 Å². The molecule has 1 aromatic heterocycles. The van der Waals surface area contributed by atoms with Gasteiger partial charge in [-0.25, -0.2) is 9.13 Å². The van der Waals surface area contributed by atoms with Crippen LogP contribution in [0.1, 0.15) is 82.5 Å². The summed E-state index contributed by atoms with van der Waals surface area (Å²) in [6.45, 7) is 5.58. The maximum absolute atomic E-state index is 13.5.